The summed E-state index contributed by atoms with van der Waals surface area (Å²) in [5.41, 5.74) is 2.15. The molecule has 1 aromatic heterocycles. The lowest BCUT2D eigenvalue weighted by atomic mass is 10.2. The fourth-order valence-electron chi connectivity index (χ4n) is 1.88. The molecule has 0 bridgehead atoms. The first-order chi connectivity index (χ1) is 7.58. The monoisotopic (exact) mass is 259 g/mol. The van der Waals surface area contributed by atoms with Crippen LogP contribution in [-0.2, 0) is 13.6 Å². The summed E-state index contributed by atoms with van der Waals surface area (Å²) in [7, 11) is 1.88. The zero-order chi connectivity index (χ0) is 11.8. The Labute approximate surface area is 106 Å². The van der Waals surface area contributed by atoms with Crippen molar-refractivity contribution >= 4 is 23.4 Å². The van der Waals surface area contributed by atoms with Crippen LogP contribution < -0.4 is 5.32 Å². The second kappa shape index (κ2) is 4.59. The third-order valence-electron chi connectivity index (χ3n) is 3.26. The number of nitrogens with zero attached hydrogens (tertiary/aromatic N) is 2. The summed E-state index contributed by atoms with van der Waals surface area (Å²) < 4.78 is 2.23. The van der Waals surface area contributed by atoms with Crippen molar-refractivity contribution in [2.75, 3.05) is 12.8 Å². The molecule has 0 atom stereocenters. The first-order valence-electron chi connectivity index (χ1n) is 5.52. The van der Waals surface area contributed by atoms with E-state index in [4.69, 9.17) is 11.6 Å². The molecule has 0 aromatic carbocycles. The average molecular weight is 260 g/mol. The van der Waals surface area contributed by atoms with Crippen LogP contribution in [0.4, 0.5) is 0 Å². The molecule has 1 saturated carbocycles. The van der Waals surface area contributed by atoms with E-state index in [0.717, 1.165) is 29.5 Å². The lowest BCUT2D eigenvalue weighted by Crippen LogP contribution is -2.25. The van der Waals surface area contributed by atoms with Crippen molar-refractivity contribution in [3.63, 3.8) is 0 Å². The van der Waals surface area contributed by atoms with Gasteiger partial charge in [-0.25, -0.2) is 0 Å². The van der Waals surface area contributed by atoms with Gasteiger partial charge in [0.05, 0.1) is 5.69 Å². The van der Waals surface area contributed by atoms with E-state index in [2.05, 4.69) is 16.7 Å². The minimum atomic E-state index is 0.503. The zero-order valence-corrected chi connectivity index (χ0v) is 11.6. The third kappa shape index (κ3) is 2.39. The first-order valence-corrected chi connectivity index (χ1v) is 7.12. The Hall–Kier alpha value is -0.190. The Kier molecular flexibility index (Phi) is 3.52. The Morgan fingerprint density at radius 2 is 2.25 bits per heavy atom. The van der Waals surface area contributed by atoms with Crippen LogP contribution in [-0.4, -0.2) is 27.3 Å². The Balaban J connectivity index is 1.90. The van der Waals surface area contributed by atoms with Gasteiger partial charge in [-0.3, -0.25) is 4.68 Å². The summed E-state index contributed by atoms with van der Waals surface area (Å²) in [6.45, 7) is 3.89. The van der Waals surface area contributed by atoms with E-state index in [9.17, 15) is 0 Å². The van der Waals surface area contributed by atoms with Crippen molar-refractivity contribution < 1.29 is 0 Å². The summed E-state index contributed by atoms with van der Waals surface area (Å²) in [6.07, 6.45) is 4.86. The molecule has 3 nitrogen and oxygen atoms in total. The van der Waals surface area contributed by atoms with E-state index < -0.39 is 0 Å². The van der Waals surface area contributed by atoms with Gasteiger partial charge in [-0.15, -0.1) is 0 Å². The van der Waals surface area contributed by atoms with Gasteiger partial charge in [-0.05, 0) is 26.0 Å². The largest absolute Gasteiger partial charge is 0.311 e. The number of halogens is 1. The lowest BCUT2D eigenvalue weighted by Gasteiger charge is -2.12. The van der Waals surface area contributed by atoms with Crippen LogP contribution in [0.3, 0.4) is 0 Å². The van der Waals surface area contributed by atoms with E-state index in [1.807, 2.05) is 25.7 Å². The van der Waals surface area contributed by atoms with Crippen molar-refractivity contribution in [3.8, 4) is 0 Å². The summed E-state index contributed by atoms with van der Waals surface area (Å²) in [5, 5.41) is 8.54. The standard InChI is InChI=1S/C11H18ClN3S/c1-8-9(10(12)15(2)14-8)6-13-7-11(16-3)4-5-11/h13H,4-7H2,1-3H3. The highest BCUT2D eigenvalue weighted by atomic mass is 35.5. The molecule has 1 heterocycles. The molecular weight excluding hydrogens is 242 g/mol. The van der Waals surface area contributed by atoms with Gasteiger partial charge in [-0.1, -0.05) is 11.6 Å². The van der Waals surface area contributed by atoms with Crippen molar-refractivity contribution in [3.05, 3.63) is 16.4 Å². The van der Waals surface area contributed by atoms with Crippen LogP contribution >= 0.6 is 23.4 Å². The maximum atomic E-state index is 6.17. The van der Waals surface area contributed by atoms with Gasteiger partial charge in [0.15, 0.2) is 0 Å². The van der Waals surface area contributed by atoms with E-state index in [1.165, 1.54) is 12.8 Å². The maximum absolute atomic E-state index is 6.17. The maximum Gasteiger partial charge on any atom is 0.131 e. The van der Waals surface area contributed by atoms with Crippen LogP contribution in [0.15, 0.2) is 0 Å². The number of thioether (sulfide) groups is 1. The van der Waals surface area contributed by atoms with Gasteiger partial charge in [0.25, 0.3) is 0 Å². The van der Waals surface area contributed by atoms with Crippen LogP contribution in [0.25, 0.3) is 0 Å². The summed E-state index contributed by atoms with van der Waals surface area (Å²) in [5.74, 6) is 0. The molecule has 1 aliphatic rings. The van der Waals surface area contributed by atoms with Crippen LogP contribution in [0.2, 0.25) is 5.15 Å². The Morgan fingerprint density at radius 3 is 2.69 bits per heavy atom. The molecule has 0 unspecified atom stereocenters. The molecular formula is C11H18ClN3S. The summed E-state index contributed by atoms with van der Waals surface area (Å²) in [4.78, 5) is 0. The molecule has 5 heteroatoms. The topological polar surface area (TPSA) is 29.9 Å². The molecule has 1 N–H and O–H groups in total. The smallest absolute Gasteiger partial charge is 0.131 e. The molecule has 16 heavy (non-hydrogen) atoms. The molecule has 1 aliphatic carbocycles. The molecule has 0 spiro atoms. The molecule has 90 valence electrons. The Bertz CT molecular complexity index is 385. The van der Waals surface area contributed by atoms with Crippen LogP contribution in [0.5, 0.6) is 0 Å². The third-order valence-corrected chi connectivity index (χ3v) is 5.15. The van der Waals surface area contributed by atoms with Gasteiger partial charge in [0.2, 0.25) is 0 Å². The lowest BCUT2D eigenvalue weighted by molar-refractivity contribution is 0.661. The number of hydrogen-bond acceptors (Lipinski definition) is 3. The fourth-order valence-corrected chi connectivity index (χ4v) is 2.88. The highest BCUT2D eigenvalue weighted by Gasteiger charge is 2.41. The van der Waals surface area contributed by atoms with Crippen LogP contribution in [0.1, 0.15) is 24.1 Å². The van der Waals surface area contributed by atoms with Gasteiger partial charge in [0.1, 0.15) is 5.15 Å². The van der Waals surface area contributed by atoms with Crippen molar-refractivity contribution in [2.45, 2.75) is 31.1 Å². The molecule has 0 aliphatic heterocycles. The van der Waals surface area contributed by atoms with Gasteiger partial charge in [-0.2, -0.15) is 16.9 Å². The first kappa shape index (κ1) is 12.3. The summed E-state index contributed by atoms with van der Waals surface area (Å²) >= 11 is 8.14. The van der Waals surface area contributed by atoms with E-state index in [0.29, 0.717) is 4.75 Å². The van der Waals surface area contributed by atoms with Crippen molar-refractivity contribution in [1.82, 2.24) is 15.1 Å². The number of nitrogens with one attached hydrogen (secondary N) is 1. The number of aromatic nitrogens is 2. The fraction of sp³-hybridized carbons (Fsp3) is 0.727. The molecule has 0 amide bonds. The van der Waals surface area contributed by atoms with Gasteiger partial charge in [0, 0.05) is 30.4 Å². The van der Waals surface area contributed by atoms with E-state index >= 15 is 0 Å². The van der Waals surface area contributed by atoms with Gasteiger partial charge < -0.3 is 5.32 Å². The minimum Gasteiger partial charge on any atom is -0.311 e. The molecule has 1 fully saturated rings. The second-order valence-corrected chi connectivity index (χ2v) is 6.10. The SMILES string of the molecule is CSC1(CNCc2c(C)nn(C)c2Cl)CC1. The van der Waals surface area contributed by atoms with Crippen molar-refractivity contribution in [2.24, 2.45) is 7.05 Å². The minimum absolute atomic E-state index is 0.503. The molecule has 2 rings (SSSR count). The zero-order valence-electron chi connectivity index (χ0n) is 10.0. The number of aryl methyl sites for hydroxylation is 2. The van der Waals surface area contributed by atoms with E-state index in [1.54, 1.807) is 4.68 Å². The second-order valence-electron chi connectivity index (χ2n) is 4.47. The number of hydrogen-bond donors (Lipinski definition) is 1. The average Bonchev–Trinajstić information content (AvgIpc) is 2.99. The van der Waals surface area contributed by atoms with Gasteiger partial charge >= 0.3 is 0 Å². The quantitative estimate of drug-likeness (QED) is 0.881. The normalized spacial score (nSPS) is 17.8. The van der Waals surface area contributed by atoms with Crippen LogP contribution in [0, 0.1) is 6.92 Å². The summed E-state index contributed by atoms with van der Waals surface area (Å²) in [6, 6.07) is 0. The van der Waals surface area contributed by atoms with E-state index in [-0.39, 0.29) is 0 Å². The molecule has 0 radical (unpaired) electrons. The highest BCUT2D eigenvalue weighted by molar-refractivity contribution is 8.00. The Morgan fingerprint density at radius 1 is 1.56 bits per heavy atom. The number of rotatable bonds is 5. The highest BCUT2D eigenvalue weighted by Crippen LogP contribution is 2.46. The molecule has 1 aromatic rings. The predicted octanol–water partition coefficient (Wildman–Crippen LogP) is 2.37. The van der Waals surface area contributed by atoms with Crippen molar-refractivity contribution in [1.29, 1.82) is 0 Å². The predicted molar refractivity (Wildman–Crippen MR) is 70.1 cm³/mol. The molecule has 0 saturated heterocycles.